The summed E-state index contributed by atoms with van der Waals surface area (Å²) in [6, 6.07) is 6.76. The number of aromatic nitrogens is 4. The Hall–Kier alpha value is -3.62. The Morgan fingerprint density at radius 2 is 1.91 bits per heavy atom. The molecule has 1 aromatic carbocycles. The van der Waals surface area contributed by atoms with Crippen molar-refractivity contribution in [3.05, 3.63) is 53.7 Å². The summed E-state index contributed by atoms with van der Waals surface area (Å²) in [6.07, 6.45) is 6.17. The number of amides is 1. The molecule has 32 heavy (non-hydrogen) atoms. The van der Waals surface area contributed by atoms with Crippen molar-refractivity contribution in [2.75, 3.05) is 0 Å². The number of benzene rings is 1. The van der Waals surface area contributed by atoms with Crippen LogP contribution in [0.2, 0.25) is 0 Å². The van der Waals surface area contributed by atoms with Gasteiger partial charge in [0.25, 0.3) is 0 Å². The van der Waals surface area contributed by atoms with E-state index in [-0.39, 0.29) is 24.3 Å². The molecule has 2 fully saturated rings. The maximum Gasteiger partial charge on any atom is 0.326 e. The fourth-order valence-corrected chi connectivity index (χ4v) is 4.72. The molecule has 3 atom stereocenters. The van der Waals surface area contributed by atoms with Crippen LogP contribution in [0.1, 0.15) is 41.6 Å². The predicted octanol–water partition coefficient (Wildman–Crippen LogP) is 1.89. The van der Waals surface area contributed by atoms with Gasteiger partial charge in [0.05, 0.1) is 5.52 Å². The third-order valence-corrected chi connectivity index (χ3v) is 6.37. The van der Waals surface area contributed by atoms with Gasteiger partial charge < -0.3 is 10.0 Å². The number of ketones is 1. The molecule has 1 aliphatic carbocycles. The van der Waals surface area contributed by atoms with Crippen LogP contribution in [0.15, 0.2) is 36.7 Å². The van der Waals surface area contributed by atoms with E-state index in [4.69, 9.17) is 0 Å². The smallest absolute Gasteiger partial charge is 0.326 e. The van der Waals surface area contributed by atoms with Crippen molar-refractivity contribution in [3.63, 3.8) is 0 Å². The molecular weight excluding hydrogens is 410 g/mol. The van der Waals surface area contributed by atoms with Crippen LogP contribution in [0.25, 0.3) is 10.9 Å². The first kappa shape index (κ1) is 20.3. The van der Waals surface area contributed by atoms with Crippen molar-refractivity contribution in [1.82, 2.24) is 24.6 Å². The summed E-state index contributed by atoms with van der Waals surface area (Å²) in [4.78, 5) is 46.8. The highest BCUT2D eigenvalue weighted by atomic mass is 16.4. The first-order valence-corrected chi connectivity index (χ1v) is 10.7. The van der Waals surface area contributed by atoms with Crippen LogP contribution in [-0.4, -0.2) is 59.5 Å². The van der Waals surface area contributed by atoms with Crippen LogP contribution >= 0.6 is 0 Å². The van der Waals surface area contributed by atoms with E-state index in [0.717, 1.165) is 17.8 Å². The van der Waals surface area contributed by atoms with Gasteiger partial charge in [0.1, 0.15) is 24.1 Å². The normalized spacial score (nSPS) is 21.5. The minimum atomic E-state index is -0.965. The van der Waals surface area contributed by atoms with Gasteiger partial charge in [0, 0.05) is 37.2 Å². The second kappa shape index (κ2) is 7.81. The van der Waals surface area contributed by atoms with Crippen molar-refractivity contribution in [2.24, 2.45) is 5.92 Å². The number of hydrogen-bond donors (Lipinski definition) is 1. The van der Waals surface area contributed by atoms with Gasteiger partial charge in [-0.1, -0.05) is 6.07 Å². The van der Waals surface area contributed by atoms with Crippen molar-refractivity contribution >= 4 is 28.6 Å². The maximum atomic E-state index is 13.0. The summed E-state index contributed by atoms with van der Waals surface area (Å²) in [5.41, 5.74) is 2.01. The number of nitrogens with zero attached hydrogens (tertiary/aromatic N) is 5. The third kappa shape index (κ3) is 3.63. The summed E-state index contributed by atoms with van der Waals surface area (Å²) in [6.45, 7) is 1.36. The number of carboxylic acids is 1. The number of carbonyl (C=O) groups is 3. The zero-order valence-corrected chi connectivity index (χ0v) is 17.6. The summed E-state index contributed by atoms with van der Waals surface area (Å²) < 4.78 is 1.52. The van der Waals surface area contributed by atoms with Gasteiger partial charge in [-0.25, -0.2) is 14.8 Å². The predicted molar refractivity (Wildman–Crippen MR) is 114 cm³/mol. The lowest BCUT2D eigenvalue weighted by atomic mass is 10.0. The first-order valence-electron chi connectivity index (χ1n) is 10.7. The number of piperidine rings is 1. The van der Waals surface area contributed by atoms with E-state index in [1.165, 1.54) is 16.5 Å². The Morgan fingerprint density at radius 3 is 2.62 bits per heavy atom. The summed E-state index contributed by atoms with van der Waals surface area (Å²) in [5, 5.41) is 14.6. The number of aryl methyl sites for hydroxylation is 2. The number of hydrogen-bond acceptors (Lipinski definition) is 6. The molecular formula is C23H23N5O4. The van der Waals surface area contributed by atoms with E-state index in [0.29, 0.717) is 41.8 Å². The van der Waals surface area contributed by atoms with Crippen LogP contribution in [0.5, 0.6) is 0 Å². The molecule has 1 aliphatic heterocycles. The number of likely N-dealkylation sites (tertiary alicyclic amines) is 1. The van der Waals surface area contributed by atoms with Crippen LogP contribution in [0.3, 0.4) is 0 Å². The standard InChI is InChI=1S/C23H23N5O4/c1-13(29)22-16-9-14(4-6-20-24-7-2-8-25-20)3-5-17(16)27(26-22)12-21(30)28-18-10-15(18)11-19(28)23(31)32/h2-3,5,7-9,15,18-19H,4,6,10-12H2,1H3,(H,31,32)/t15-,18-,19+/m1/s1. The van der Waals surface area contributed by atoms with Crippen molar-refractivity contribution < 1.29 is 19.5 Å². The van der Waals surface area contributed by atoms with Gasteiger partial charge in [-0.3, -0.25) is 14.3 Å². The maximum absolute atomic E-state index is 13.0. The highest BCUT2D eigenvalue weighted by Gasteiger charge is 2.56. The van der Waals surface area contributed by atoms with Gasteiger partial charge in [0.15, 0.2) is 5.78 Å². The molecule has 2 aliphatic rings. The number of carbonyl (C=O) groups excluding carboxylic acids is 2. The number of rotatable bonds is 7. The summed E-state index contributed by atoms with van der Waals surface area (Å²) in [7, 11) is 0. The number of carboxylic acid groups (broad SMARTS) is 1. The lowest BCUT2D eigenvalue weighted by molar-refractivity contribution is -0.149. The van der Waals surface area contributed by atoms with Gasteiger partial charge in [-0.15, -0.1) is 0 Å². The molecule has 0 radical (unpaired) electrons. The fraction of sp³-hybridized carbons (Fsp3) is 0.391. The van der Waals surface area contributed by atoms with Crippen molar-refractivity contribution in [2.45, 2.75) is 51.2 Å². The molecule has 0 unspecified atom stereocenters. The van der Waals surface area contributed by atoms with E-state index < -0.39 is 12.0 Å². The number of Topliss-reactive ketones (excluding diaryl/α,β-unsaturated/α-hetero) is 1. The molecule has 9 nitrogen and oxygen atoms in total. The van der Waals surface area contributed by atoms with E-state index in [1.807, 2.05) is 18.2 Å². The Labute approximate surface area is 184 Å². The topological polar surface area (TPSA) is 118 Å². The highest BCUT2D eigenvalue weighted by molar-refractivity contribution is 6.05. The van der Waals surface area contributed by atoms with Crippen LogP contribution < -0.4 is 0 Å². The molecule has 1 saturated heterocycles. The molecule has 3 heterocycles. The highest BCUT2D eigenvalue weighted by Crippen LogP contribution is 2.48. The molecule has 9 heteroatoms. The molecule has 1 amide bonds. The monoisotopic (exact) mass is 433 g/mol. The Morgan fingerprint density at radius 1 is 1.12 bits per heavy atom. The number of aliphatic carboxylic acids is 1. The molecule has 164 valence electrons. The largest absolute Gasteiger partial charge is 0.480 e. The van der Waals surface area contributed by atoms with E-state index in [9.17, 15) is 19.5 Å². The van der Waals surface area contributed by atoms with E-state index >= 15 is 0 Å². The lowest BCUT2D eigenvalue weighted by Crippen LogP contribution is -2.44. The van der Waals surface area contributed by atoms with Gasteiger partial charge in [-0.05, 0) is 48.9 Å². The Balaban J connectivity index is 1.40. The zero-order valence-electron chi connectivity index (χ0n) is 17.6. The molecule has 3 aromatic rings. The van der Waals surface area contributed by atoms with Gasteiger partial charge >= 0.3 is 5.97 Å². The van der Waals surface area contributed by atoms with Crippen LogP contribution in [0.4, 0.5) is 0 Å². The minimum Gasteiger partial charge on any atom is -0.480 e. The van der Waals surface area contributed by atoms with E-state index in [2.05, 4.69) is 15.1 Å². The van der Waals surface area contributed by atoms with Crippen LogP contribution in [0, 0.1) is 5.92 Å². The van der Waals surface area contributed by atoms with Crippen molar-refractivity contribution in [1.29, 1.82) is 0 Å². The molecule has 0 spiro atoms. The average Bonchev–Trinajstić information content (AvgIpc) is 3.29. The van der Waals surface area contributed by atoms with E-state index in [1.54, 1.807) is 18.5 Å². The van der Waals surface area contributed by atoms with Gasteiger partial charge in [-0.2, -0.15) is 5.10 Å². The average molecular weight is 433 g/mol. The molecule has 1 saturated carbocycles. The SMILES string of the molecule is CC(=O)c1nn(CC(=O)N2[C@@H]3C[C@@H]3C[C@H]2C(=O)O)c2ccc(CCc3ncccn3)cc12. The summed E-state index contributed by atoms with van der Waals surface area (Å²) in [5.74, 6) is -0.382. The Bertz CT molecular complexity index is 1220. The van der Waals surface area contributed by atoms with Crippen LogP contribution in [-0.2, 0) is 29.0 Å². The lowest BCUT2D eigenvalue weighted by Gasteiger charge is -2.24. The Kier molecular flexibility index (Phi) is 4.96. The van der Waals surface area contributed by atoms with Gasteiger partial charge in [0.2, 0.25) is 5.91 Å². The van der Waals surface area contributed by atoms with Crippen molar-refractivity contribution in [3.8, 4) is 0 Å². The second-order valence-electron chi connectivity index (χ2n) is 8.53. The molecule has 0 bridgehead atoms. The first-order chi connectivity index (χ1) is 15.4. The number of fused-ring (bicyclic) bond motifs is 2. The molecule has 5 rings (SSSR count). The quantitative estimate of drug-likeness (QED) is 0.565. The fourth-order valence-electron chi connectivity index (χ4n) is 4.72. The molecule has 2 aromatic heterocycles. The zero-order chi connectivity index (χ0) is 22.4. The minimum absolute atomic E-state index is 0.0181. The molecule has 1 N–H and O–H groups in total. The third-order valence-electron chi connectivity index (χ3n) is 6.37. The summed E-state index contributed by atoms with van der Waals surface area (Å²) >= 11 is 0. The second-order valence-corrected chi connectivity index (χ2v) is 8.53.